The number of benzene rings is 1. The van der Waals surface area contributed by atoms with E-state index in [1.807, 2.05) is 0 Å². The number of halogens is 4. The highest BCUT2D eigenvalue weighted by molar-refractivity contribution is 9.10. The maximum Gasteiger partial charge on any atom is 0.419 e. The van der Waals surface area contributed by atoms with Gasteiger partial charge in [0.1, 0.15) is 17.2 Å². The van der Waals surface area contributed by atoms with Crippen molar-refractivity contribution in [3.63, 3.8) is 0 Å². The zero-order valence-electron chi connectivity index (χ0n) is 12.1. The largest absolute Gasteiger partial charge is 0.443 e. The number of hydrogen-bond acceptors (Lipinski definition) is 2. The van der Waals surface area contributed by atoms with Gasteiger partial charge in [-0.1, -0.05) is 11.6 Å². The molecule has 3 nitrogen and oxygen atoms in total. The van der Waals surface area contributed by atoms with E-state index >= 15 is 0 Å². The summed E-state index contributed by atoms with van der Waals surface area (Å²) in [5.74, 6) is -1.65. The van der Waals surface area contributed by atoms with E-state index in [0.29, 0.717) is 10.5 Å². The van der Waals surface area contributed by atoms with E-state index in [2.05, 4.69) is 15.9 Å². The zero-order chi connectivity index (χ0) is 16.7. The molecule has 2 aromatic rings. The molecule has 1 aromatic carbocycles. The number of ether oxygens (including phenoxy) is 1. The standard InChI is InChI=1S/C15H13BrClF2NO2/c1-15(2,3)22-14(21)20-7-8(16)4-12(20)13-10(17)5-9(18)6-11(13)19/h4-7H,1-3H3. The maximum atomic E-state index is 14.1. The normalized spacial score (nSPS) is 11.6. The first-order valence-corrected chi connectivity index (χ1v) is 7.52. The van der Waals surface area contributed by atoms with Gasteiger partial charge in [0.25, 0.3) is 0 Å². The third kappa shape index (κ3) is 3.67. The number of hydrogen-bond donors (Lipinski definition) is 0. The molecule has 0 unspecified atom stereocenters. The summed E-state index contributed by atoms with van der Waals surface area (Å²) >= 11 is 9.15. The highest BCUT2D eigenvalue weighted by Crippen LogP contribution is 2.34. The van der Waals surface area contributed by atoms with E-state index in [-0.39, 0.29) is 16.3 Å². The van der Waals surface area contributed by atoms with Crippen LogP contribution in [-0.4, -0.2) is 16.3 Å². The molecule has 0 amide bonds. The first-order chi connectivity index (χ1) is 10.1. The van der Waals surface area contributed by atoms with E-state index in [4.69, 9.17) is 16.3 Å². The number of carbonyl (C=O) groups excluding carboxylic acids is 1. The summed E-state index contributed by atoms with van der Waals surface area (Å²) in [4.78, 5) is 12.2. The summed E-state index contributed by atoms with van der Waals surface area (Å²) in [5, 5.41) is -0.132. The first-order valence-electron chi connectivity index (χ1n) is 6.34. The molecular weight excluding hydrogens is 380 g/mol. The van der Waals surface area contributed by atoms with Gasteiger partial charge in [0.05, 0.1) is 16.3 Å². The number of carbonyl (C=O) groups is 1. The number of rotatable bonds is 1. The highest BCUT2D eigenvalue weighted by atomic mass is 79.9. The van der Waals surface area contributed by atoms with Gasteiger partial charge in [0, 0.05) is 16.7 Å². The molecule has 22 heavy (non-hydrogen) atoms. The summed E-state index contributed by atoms with van der Waals surface area (Å²) in [7, 11) is 0. The quantitative estimate of drug-likeness (QED) is 0.629. The fourth-order valence-corrected chi connectivity index (χ4v) is 2.58. The van der Waals surface area contributed by atoms with Crippen molar-refractivity contribution < 1.29 is 18.3 Å². The minimum atomic E-state index is -0.861. The molecule has 7 heteroatoms. The van der Waals surface area contributed by atoms with Gasteiger partial charge in [-0.3, -0.25) is 4.57 Å². The van der Waals surface area contributed by atoms with E-state index in [0.717, 1.165) is 10.6 Å². The Hall–Kier alpha value is -1.40. The van der Waals surface area contributed by atoms with Crippen molar-refractivity contribution in [2.75, 3.05) is 0 Å². The minimum absolute atomic E-state index is 0.0698. The molecule has 0 saturated carbocycles. The minimum Gasteiger partial charge on any atom is -0.443 e. The fourth-order valence-electron chi connectivity index (χ4n) is 1.87. The smallest absolute Gasteiger partial charge is 0.419 e. The molecule has 0 fully saturated rings. The molecule has 0 aliphatic rings. The molecule has 0 aliphatic heterocycles. The first kappa shape index (κ1) is 17.0. The van der Waals surface area contributed by atoms with Crippen LogP contribution in [0, 0.1) is 11.6 Å². The van der Waals surface area contributed by atoms with Crippen molar-refractivity contribution in [1.82, 2.24) is 4.57 Å². The van der Waals surface area contributed by atoms with Crippen LogP contribution in [0.25, 0.3) is 11.3 Å². The highest BCUT2D eigenvalue weighted by Gasteiger charge is 2.23. The van der Waals surface area contributed by atoms with Gasteiger partial charge in [-0.05, 0) is 48.8 Å². The lowest BCUT2D eigenvalue weighted by molar-refractivity contribution is 0.0540. The van der Waals surface area contributed by atoms with Gasteiger partial charge in [-0.25, -0.2) is 13.6 Å². The molecule has 0 saturated heterocycles. The van der Waals surface area contributed by atoms with Crippen LogP contribution in [0.15, 0.2) is 28.9 Å². The van der Waals surface area contributed by atoms with Crippen LogP contribution in [0.3, 0.4) is 0 Å². The number of aromatic nitrogens is 1. The van der Waals surface area contributed by atoms with Crippen LogP contribution in [0.5, 0.6) is 0 Å². The molecule has 118 valence electrons. The van der Waals surface area contributed by atoms with E-state index in [9.17, 15) is 13.6 Å². The van der Waals surface area contributed by atoms with Crippen LogP contribution in [0.2, 0.25) is 5.02 Å². The average molecular weight is 393 g/mol. The predicted octanol–water partition coefficient (Wildman–Crippen LogP) is 5.63. The van der Waals surface area contributed by atoms with Crippen LogP contribution in [0.4, 0.5) is 13.6 Å². The third-order valence-electron chi connectivity index (χ3n) is 2.64. The lowest BCUT2D eigenvalue weighted by atomic mass is 10.1. The van der Waals surface area contributed by atoms with Gasteiger partial charge < -0.3 is 4.74 Å². The molecule has 1 heterocycles. The van der Waals surface area contributed by atoms with Crippen molar-refractivity contribution in [2.24, 2.45) is 0 Å². The Morgan fingerprint density at radius 2 is 1.91 bits per heavy atom. The van der Waals surface area contributed by atoms with Gasteiger partial charge in [0.15, 0.2) is 0 Å². The monoisotopic (exact) mass is 391 g/mol. The molecule has 0 atom stereocenters. The van der Waals surface area contributed by atoms with Crippen LogP contribution >= 0.6 is 27.5 Å². The summed E-state index contributed by atoms with van der Waals surface area (Å²) < 4.78 is 34.2. The third-order valence-corrected chi connectivity index (χ3v) is 3.37. The van der Waals surface area contributed by atoms with Crippen molar-refractivity contribution >= 4 is 33.6 Å². The molecule has 0 N–H and O–H groups in total. The second-order valence-corrected chi connectivity index (χ2v) is 6.96. The predicted molar refractivity (Wildman–Crippen MR) is 84.1 cm³/mol. The van der Waals surface area contributed by atoms with E-state index in [1.165, 1.54) is 12.3 Å². The summed E-state index contributed by atoms with van der Waals surface area (Å²) in [6.07, 6.45) is 0.746. The molecule has 2 rings (SSSR count). The molecule has 0 bridgehead atoms. The van der Waals surface area contributed by atoms with E-state index in [1.54, 1.807) is 20.8 Å². The molecular formula is C15H13BrClF2NO2. The summed E-state index contributed by atoms with van der Waals surface area (Å²) in [6.45, 7) is 5.15. The molecule has 0 spiro atoms. The Bertz CT molecular complexity index is 715. The number of nitrogens with zero attached hydrogens (tertiary/aromatic N) is 1. The van der Waals surface area contributed by atoms with Crippen LogP contribution in [-0.2, 0) is 4.74 Å². The summed E-state index contributed by atoms with van der Waals surface area (Å²) in [5.41, 5.74) is -0.612. The van der Waals surface area contributed by atoms with Crippen LogP contribution < -0.4 is 0 Å². The Morgan fingerprint density at radius 3 is 2.45 bits per heavy atom. The summed E-state index contributed by atoms with van der Waals surface area (Å²) in [6, 6.07) is 3.20. The molecule has 0 aliphatic carbocycles. The Balaban J connectivity index is 2.57. The molecule has 0 radical (unpaired) electrons. The average Bonchev–Trinajstić information content (AvgIpc) is 2.67. The van der Waals surface area contributed by atoms with Crippen molar-refractivity contribution in [1.29, 1.82) is 0 Å². The van der Waals surface area contributed by atoms with Gasteiger partial charge in [-0.2, -0.15) is 0 Å². The van der Waals surface area contributed by atoms with Crippen LogP contribution in [0.1, 0.15) is 20.8 Å². The van der Waals surface area contributed by atoms with Gasteiger partial charge in [0.2, 0.25) is 0 Å². The lowest BCUT2D eigenvalue weighted by Crippen LogP contribution is -2.27. The zero-order valence-corrected chi connectivity index (χ0v) is 14.4. The van der Waals surface area contributed by atoms with Crippen molar-refractivity contribution in [3.8, 4) is 11.3 Å². The Labute approximate surface area is 140 Å². The van der Waals surface area contributed by atoms with E-state index < -0.39 is 23.3 Å². The fraction of sp³-hybridized carbons (Fsp3) is 0.267. The van der Waals surface area contributed by atoms with Gasteiger partial charge in [-0.15, -0.1) is 0 Å². The second kappa shape index (κ2) is 6.01. The Kier molecular flexibility index (Phi) is 4.63. The topological polar surface area (TPSA) is 31.2 Å². The van der Waals surface area contributed by atoms with Gasteiger partial charge >= 0.3 is 6.09 Å². The van der Waals surface area contributed by atoms with Crippen molar-refractivity contribution in [3.05, 3.63) is 45.5 Å². The molecule has 1 aromatic heterocycles. The second-order valence-electron chi connectivity index (χ2n) is 5.64. The Morgan fingerprint density at radius 1 is 1.27 bits per heavy atom. The lowest BCUT2D eigenvalue weighted by Gasteiger charge is -2.20. The maximum absolute atomic E-state index is 14.1. The SMILES string of the molecule is CC(C)(C)OC(=O)n1cc(Br)cc1-c1c(F)cc(F)cc1Cl. The van der Waals surface area contributed by atoms with Crippen molar-refractivity contribution in [2.45, 2.75) is 26.4 Å².